The molecule has 1 aromatic carbocycles. The largest absolute Gasteiger partial charge is 0.417 e. The highest BCUT2D eigenvalue weighted by molar-refractivity contribution is 9.10. The van der Waals surface area contributed by atoms with E-state index in [0.717, 1.165) is 18.9 Å². The lowest BCUT2D eigenvalue weighted by Crippen LogP contribution is -2.56. The first-order valence-corrected chi connectivity index (χ1v) is 11.5. The van der Waals surface area contributed by atoms with Crippen molar-refractivity contribution in [2.75, 3.05) is 23.7 Å². The van der Waals surface area contributed by atoms with Gasteiger partial charge in [0.05, 0.1) is 18.4 Å². The van der Waals surface area contributed by atoms with Gasteiger partial charge in [-0.05, 0) is 47.3 Å². The van der Waals surface area contributed by atoms with Crippen LogP contribution in [-0.4, -0.2) is 50.1 Å². The fourth-order valence-corrected chi connectivity index (χ4v) is 4.93. The van der Waals surface area contributed by atoms with E-state index in [1.807, 2.05) is 4.90 Å². The Labute approximate surface area is 200 Å². The first kappa shape index (κ1) is 22.8. The second-order valence-corrected chi connectivity index (χ2v) is 9.59. The minimum absolute atomic E-state index is 0.0368. The van der Waals surface area contributed by atoms with E-state index in [0.29, 0.717) is 35.4 Å². The van der Waals surface area contributed by atoms with Crippen LogP contribution in [0.25, 0.3) is 11.2 Å². The van der Waals surface area contributed by atoms with E-state index >= 15 is 0 Å². The number of imidazole rings is 1. The Hall–Kier alpha value is -2.93. The van der Waals surface area contributed by atoms with Crippen molar-refractivity contribution in [1.29, 1.82) is 0 Å². The van der Waals surface area contributed by atoms with Gasteiger partial charge in [0.15, 0.2) is 11.5 Å². The highest BCUT2D eigenvalue weighted by Gasteiger charge is 2.44. The molecular weight excluding hydrogens is 517 g/mol. The number of rotatable bonds is 5. The Morgan fingerprint density at radius 2 is 2.03 bits per heavy atom. The maximum atomic E-state index is 13.7. The van der Waals surface area contributed by atoms with Crippen LogP contribution in [0.1, 0.15) is 30.4 Å². The van der Waals surface area contributed by atoms with E-state index in [1.54, 1.807) is 4.57 Å². The van der Waals surface area contributed by atoms with Crippen molar-refractivity contribution in [3.8, 4) is 0 Å². The third-order valence-electron chi connectivity index (χ3n) is 6.29. The Morgan fingerprint density at radius 3 is 2.74 bits per heavy atom. The molecular formula is C21H22BrF3N8O. The summed E-state index contributed by atoms with van der Waals surface area (Å²) < 4.78 is 42.6. The Balaban J connectivity index is 1.53. The van der Waals surface area contributed by atoms with E-state index in [4.69, 9.17) is 11.5 Å². The van der Waals surface area contributed by atoms with Gasteiger partial charge in [0, 0.05) is 34.9 Å². The molecule has 1 saturated heterocycles. The summed E-state index contributed by atoms with van der Waals surface area (Å²) in [6, 6.07) is 2.63. The van der Waals surface area contributed by atoms with Crippen molar-refractivity contribution >= 4 is 44.5 Å². The van der Waals surface area contributed by atoms with Gasteiger partial charge in [-0.2, -0.15) is 13.2 Å². The Bertz CT molecular complexity index is 1270. The van der Waals surface area contributed by atoms with E-state index in [9.17, 15) is 18.0 Å². The SMILES string of the molecule is Nc1ncnc2c1ncn2Cc1c(N2CCC(N)(C(=O)NC3CC3)C2)ccc(C(F)(F)F)c1Br. The maximum Gasteiger partial charge on any atom is 0.417 e. The molecule has 2 aliphatic rings. The molecule has 9 nitrogen and oxygen atoms in total. The van der Waals surface area contributed by atoms with Crippen LogP contribution in [0.15, 0.2) is 29.3 Å². The summed E-state index contributed by atoms with van der Waals surface area (Å²) in [6.07, 6.45) is 0.457. The molecule has 1 aliphatic heterocycles. The van der Waals surface area contributed by atoms with E-state index < -0.39 is 17.3 Å². The molecule has 2 fully saturated rings. The first-order valence-electron chi connectivity index (χ1n) is 10.7. The number of amides is 1. The second kappa shape index (κ2) is 8.08. The summed E-state index contributed by atoms with van der Waals surface area (Å²) in [5.74, 6) is -0.0426. The van der Waals surface area contributed by atoms with Crippen molar-refractivity contribution in [3.05, 3.63) is 40.4 Å². The van der Waals surface area contributed by atoms with Crippen molar-refractivity contribution in [1.82, 2.24) is 24.8 Å². The topological polar surface area (TPSA) is 128 Å². The third kappa shape index (κ3) is 4.06. The quantitative estimate of drug-likeness (QED) is 0.455. The average molecular weight is 539 g/mol. The van der Waals surface area contributed by atoms with Gasteiger partial charge in [-0.15, -0.1) is 0 Å². The number of nitrogens with two attached hydrogens (primary N) is 2. The van der Waals surface area contributed by atoms with Crippen LogP contribution >= 0.6 is 15.9 Å². The number of carbonyl (C=O) groups excluding carboxylic acids is 1. The molecule has 1 saturated carbocycles. The number of nitrogens with one attached hydrogen (secondary N) is 1. The Kier molecular flexibility index (Phi) is 5.43. The highest BCUT2D eigenvalue weighted by atomic mass is 79.9. The normalized spacial score (nSPS) is 20.8. The predicted molar refractivity (Wildman–Crippen MR) is 123 cm³/mol. The number of alkyl halides is 3. The van der Waals surface area contributed by atoms with Gasteiger partial charge in [0.25, 0.3) is 0 Å². The molecule has 2 aromatic heterocycles. The summed E-state index contributed by atoms with van der Waals surface area (Å²) in [6.45, 7) is 0.657. The van der Waals surface area contributed by atoms with Crippen LogP contribution in [0.3, 0.4) is 0 Å². The lowest BCUT2D eigenvalue weighted by Gasteiger charge is -2.27. The average Bonchev–Trinajstić information content (AvgIpc) is 3.34. The number of nitrogen functional groups attached to an aromatic ring is 1. The summed E-state index contributed by atoms with van der Waals surface area (Å²) in [4.78, 5) is 26.9. The summed E-state index contributed by atoms with van der Waals surface area (Å²) in [7, 11) is 0. The molecule has 3 aromatic rings. The van der Waals surface area contributed by atoms with Crippen molar-refractivity contribution in [3.63, 3.8) is 0 Å². The monoisotopic (exact) mass is 538 g/mol. The summed E-state index contributed by atoms with van der Waals surface area (Å²) in [5.41, 5.74) is 12.1. The predicted octanol–water partition coefficient (Wildman–Crippen LogP) is 2.42. The van der Waals surface area contributed by atoms with Gasteiger partial charge < -0.3 is 26.3 Å². The number of fused-ring (bicyclic) bond motifs is 1. The molecule has 0 radical (unpaired) electrons. The number of hydrogen-bond acceptors (Lipinski definition) is 7. The van der Waals surface area contributed by atoms with Crippen LogP contribution in [0.5, 0.6) is 0 Å². The van der Waals surface area contributed by atoms with E-state index in [2.05, 4.69) is 36.2 Å². The number of hydrogen-bond donors (Lipinski definition) is 3. The molecule has 3 heterocycles. The van der Waals surface area contributed by atoms with Gasteiger partial charge >= 0.3 is 6.18 Å². The molecule has 180 valence electrons. The molecule has 5 rings (SSSR count). The van der Waals surface area contributed by atoms with Crippen molar-refractivity contribution in [2.24, 2.45) is 5.73 Å². The maximum absolute atomic E-state index is 13.7. The van der Waals surface area contributed by atoms with Gasteiger partial charge in [-0.3, -0.25) is 4.79 Å². The lowest BCUT2D eigenvalue weighted by molar-refractivity contribution is -0.138. The fraction of sp³-hybridized carbons (Fsp3) is 0.429. The first-order chi connectivity index (χ1) is 16.1. The number of anilines is 2. The minimum Gasteiger partial charge on any atom is -0.382 e. The Morgan fingerprint density at radius 1 is 1.26 bits per heavy atom. The highest BCUT2D eigenvalue weighted by Crippen LogP contribution is 2.42. The second-order valence-electron chi connectivity index (χ2n) is 8.80. The number of aromatic nitrogens is 4. The van der Waals surface area contributed by atoms with Gasteiger partial charge in [0.2, 0.25) is 5.91 Å². The zero-order valence-corrected chi connectivity index (χ0v) is 19.5. The van der Waals surface area contributed by atoms with E-state index in [1.165, 1.54) is 18.7 Å². The zero-order valence-electron chi connectivity index (χ0n) is 17.9. The van der Waals surface area contributed by atoms with E-state index in [-0.39, 0.29) is 35.3 Å². The van der Waals surface area contributed by atoms with Gasteiger partial charge in [-0.25, -0.2) is 15.0 Å². The molecule has 1 atom stereocenters. The van der Waals surface area contributed by atoms with Crippen molar-refractivity contribution < 1.29 is 18.0 Å². The number of halogens is 4. The molecule has 0 spiro atoms. The number of carbonyl (C=O) groups is 1. The number of nitrogens with zero attached hydrogens (tertiary/aromatic N) is 5. The van der Waals surface area contributed by atoms with Crippen LogP contribution in [0.4, 0.5) is 24.7 Å². The molecule has 1 amide bonds. The fourth-order valence-electron chi connectivity index (χ4n) is 4.24. The van der Waals surface area contributed by atoms with Crippen LogP contribution in [0.2, 0.25) is 0 Å². The molecule has 34 heavy (non-hydrogen) atoms. The van der Waals surface area contributed by atoms with Crippen LogP contribution in [-0.2, 0) is 17.5 Å². The molecule has 5 N–H and O–H groups in total. The standard InChI is InChI=1S/C21H22BrF3N8O/c22-15-12(7-33-10-30-16-17(26)28-9-29-18(16)33)14(4-3-13(15)21(23,24)25)32-6-5-20(27,8-32)19(34)31-11-1-2-11/h3-4,9-11H,1-2,5-8,27H2,(H,31,34)(H2,26,28,29). The van der Waals surface area contributed by atoms with Crippen LogP contribution in [0, 0.1) is 0 Å². The zero-order chi connectivity index (χ0) is 24.3. The van der Waals surface area contributed by atoms with Crippen LogP contribution < -0.4 is 21.7 Å². The van der Waals surface area contributed by atoms with Crippen molar-refractivity contribution in [2.45, 2.75) is 43.6 Å². The smallest absolute Gasteiger partial charge is 0.382 e. The molecule has 1 unspecified atom stereocenters. The summed E-state index contributed by atoms with van der Waals surface area (Å²) in [5, 5.41) is 2.94. The molecule has 1 aliphatic carbocycles. The summed E-state index contributed by atoms with van der Waals surface area (Å²) >= 11 is 3.19. The van der Waals surface area contributed by atoms with Gasteiger partial charge in [0.1, 0.15) is 17.4 Å². The molecule has 0 bridgehead atoms. The third-order valence-corrected chi connectivity index (χ3v) is 7.19. The minimum atomic E-state index is -4.55. The number of benzene rings is 1. The lowest BCUT2D eigenvalue weighted by atomic mass is 9.99. The molecule has 13 heteroatoms. The van der Waals surface area contributed by atoms with Gasteiger partial charge in [-0.1, -0.05) is 0 Å².